The Kier molecular flexibility index (Phi) is 4.08. The van der Waals surface area contributed by atoms with Crippen LogP contribution in [0.4, 0.5) is 4.39 Å². The molecule has 19 heavy (non-hydrogen) atoms. The van der Waals surface area contributed by atoms with Gasteiger partial charge in [-0.25, -0.2) is 4.39 Å². The molecule has 0 amide bonds. The Balaban J connectivity index is 2.28. The summed E-state index contributed by atoms with van der Waals surface area (Å²) in [7, 11) is 0. The van der Waals surface area contributed by atoms with Crippen molar-refractivity contribution in [2.45, 2.75) is 20.0 Å². The van der Waals surface area contributed by atoms with Gasteiger partial charge in [-0.3, -0.25) is 0 Å². The Bertz CT molecular complexity index is 597. The minimum atomic E-state index is -0.584. The van der Waals surface area contributed by atoms with Gasteiger partial charge in [0.25, 0.3) is 0 Å². The molecule has 100 valence electrons. The van der Waals surface area contributed by atoms with E-state index < -0.39 is 6.10 Å². The molecule has 0 aliphatic rings. The Morgan fingerprint density at radius 1 is 1.16 bits per heavy atom. The molecule has 0 spiro atoms. The van der Waals surface area contributed by atoms with E-state index in [1.54, 1.807) is 38.1 Å². The number of hydrogen-bond donors (Lipinski definition) is 1. The minimum Gasteiger partial charge on any atom is -0.456 e. The van der Waals surface area contributed by atoms with Crippen LogP contribution in [0.15, 0.2) is 36.4 Å². The molecule has 0 heterocycles. The highest BCUT2D eigenvalue weighted by Gasteiger charge is 2.09. The summed E-state index contributed by atoms with van der Waals surface area (Å²) in [5, 5.41) is 9.87. The molecule has 2 aromatic rings. The SMILES string of the molecule is Cc1cc(F)ccc1Oc1ccc([C@@H](C)O)cc1Cl. The van der Waals surface area contributed by atoms with Crippen molar-refractivity contribution in [3.63, 3.8) is 0 Å². The third-order valence-corrected chi connectivity index (χ3v) is 3.09. The lowest BCUT2D eigenvalue weighted by molar-refractivity contribution is 0.199. The van der Waals surface area contributed by atoms with Crippen LogP contribution in [0.25, 0.3) is 0 Å². The minimum absolute atomic E-state index is 0.305. The maximum Gasteiger partial charge on any atom is 0.146 e. The first-order valence-electron chi connectivity index (χ1n) is 5.89. The Morgan fingerprint density at radius 3 is 2.42 bits per heavy atom. The van der Waals surface area contributed by atoms with Crippen LogP contribution in [0.2, 0.25) is 5.02 Å². The first-order valence-corrected chi connectivity index (χ1v) is 6.26. The molecule has 2 aromatic carbocycles. The van der Waals surface area contributed by atoms with E-state index in [-0.39, 0.29) is 5.82 Å². The summed E-state index contributed by atoms with van der Waals surface area (Å²) in [4.78, 5) is 0. The van der Waals surface area contributed by atoms with Gasteiger partial charge in [-0.1, -0.05) is 17.7 Å². The van der Waals surface area contributed by atoms with Gasteiger partial charge in [0.2, 0.25) is 0 Å². The predicted octanol–water partition coefficient (Wildman–Crippen LogP) is 4.63. The van der Waals surface area contributed by atoms with Crippen LogP contribution in [0, 0.1) is 12.7 Å². The fourth-order valence-corrected chi connectivity index (χ4v) is 1.93. The van der Waals surface area contributed by atoms with E-state index in [0.29, 0.717) is 27.6 Å². The van der Waals surface area contributed by atoms with E-state index in [1.165, 1.54) is 12.1 Å². The van der Waals surface area contributed by atoms with E-state index in [4.69, 9.17) is 16.3 Å². The summed E-state index contributed by atoms with van der Waals surface area (Å²) in [6, 6.07) is 9.37. The van der Waals surface area contributed by atoms with E-state index in [1.807, 2.05) is 0 Å². The smallest absolute Gasteiger partial charge is 0.146 e. The Hall–Kier alpha value is -1.58. The molecule has 0 aromatic heterocycles. The van der Waals surface area contributed by atoms with Gasteiger partial charge < -0.3 is 9.84 Å². The van der Waals surface area contributed by atoms with Crippen LogP contribution in [0.3, 0.4) is 0 Å². The van der Waals surface area contributed by atoms with Crippen molar-refractivity contribution in [2.75, 3.05) is 0 Å². The maximum atomic E-state index is 13.0. The predicted molar refractivity (Wildman–Crippen MR) is 73.3 cm³/mol. The molecule has 0 unspecified atom stereocenters. The van der Waals surface area contributed by atoms with Gasteiger partial charge in [0.05, 0.1) is 11.1 Å². The maximum absolute atomic E-state index is 13.0. The molecule has 0 aliphatic carbocycles. The lowest BCUT2D eigenvalue weighted by Gasteiger charge is -2.12. The lowest BCUT2D eigenvalue weighted by atomic mass is 10.1. The molecule has 4 heteroatoms. The number of ether oxygens (including phenoxy) is 1. The second-order valence-electron chi connectivity index (χ2n) is 4.38. The molecule has 2 rings (SSSR count). The number of halogens is 2. The number of aliphatic hydroxyl groups is 1. The van der Waals surface area contributed by atoms with Gasteiger partial charge in [-0.15, -0.1) is 0 Å². The average Bonchev–Trinajstić information content (AvgIpc) is 2.34. The van der Waals surface area contributed by atoms with Crippen LogP contribution in [-0.2, 0) is 0 Å². The van der Waals surface area contributed by atoms with Gasteiger partial charge in [-0.05, 0) is 55.3 Å². The third-order valence-electron chi connectivity index (χ3n) is 2.80. The van der Waals surface area contributed by atoms with Crippen molar-refractivity contribution in [3.8, 4) is 11.5 Å². The van der Waals surface area contributed by atoms with Gasteiger partial charge in [0, 0.05) is 0 Å². The molecule has 0 radical (unpaired) electrons. The van der Waals surface area contributed by atoms with E-state index in [2.05, 4.69) is 0 Å². The van der Waals surface area contributed by atoms with E-state index >= 15 is 0 Å². The second-order valence-corrected chi connectivity index (χ2v) is 4.78. The van der Waals surface area contributed by atoms with Crippen LogP contribution >= 0.6 is 11.6 Å². The average molecular weight is 281 g/mol. The van der Waals surface area contributed by atoms with Gasteiger partial charge in [0.15, 0.2) is 0 Å². The summed E-state index contributed by atoms with van der Waals surface area (Å²) in [5.74, 6) is 0.717. The molecule has 0 bridgehead atoms. The Labute approximate surface area is 116 Å². The van der Waals surface area contributed by atoms with Crippen molar-refractivity contribution < 1.29 is 14.2 Å². The lowest BCUT2D eigenvalue weighted by Crippen LogP contribution is -1.93. The summed E-state index contributed by atoms with van der Waals surface area (Å²) >= 11 is 6.10. The number of aryl methyl sites for hydroxylation is 1. The quantitative estimate of drug-likeness (QED) is 0.888. The summed E-state index contributed by atoms with van der Waals surface area (Å²) in [6.07, 6.45) is -0.584. The monoisotopic (exact) mass is 280 g/mol. The molecule has 0 saturated heterocycles. The number of benzene rings is 2. The standard InChI is InChI=1S/C15H14ClFO2/c1-9-7-12(17)4-6-14(9)19-15-5-3-11(10(2)18)8-13(15)16/h3-8,10,18H,1-2H3/t10-/m1/s1. The molecule has 1 N–H and O–H groups in total. The molecular weight excluding hydrogens is 267 g/mol. The third kappa shape index (κ3) is 3.25. The van der Waals surface area contributed by atoms with Crippen LogP contribution < -0.4 is 4.74 Å². The van der Waals surface area contributed by atoms with Crippen LogP contribution in [0.5, 0.6) is 11.5 Å². The largest absolute Gasteiger partial charge is 0.456 e. The normalized spacial score (nSPS) is 12.3. The first kappa shape index (κ1) is 13.8. The van der Waals surface area contributed by atoms with Gasteiger partial charge >= 0.3 is 0 Å². The van der Waals surface area contributed by atoms with Crippen molar-refractivity contribution in [1.29, 1.82) is 0 Å². The zero-order chi connectivity index (χ0) is 14.0. The summed E-state index contributed by atoms with van der Waals surface area (Å²) in [5.41, 5.74) is 1.41. The van der Waals surface area contributed by atoms with Crippen molar-refractivity contribution in [3.05, 3.63) is 58.4 Å². The molecule has 2 nitrogen and oxygen atoms in total. The van der Waals surface area contributed by atoms with Crippen molar-refractivity contribution in [1.82, 2.24) is 0 Å². The first-order chi connectivity index (χ1) is 8.97. The topological polar surface area (TPSA) is 29.5 Å². The van der Waals surface area contributed by atoms with Crippen molar-refractivity contribution >= 4 is 11.6 Å². The zero-order valence-electron chi connectivity index (χ0n) is 10.7. The highest BCUT2D eigenvalue weighted by molar-refractivity contribution is 6.32. The number of aliphatic hydroxyl groups excluding tert-OH is 1. The van der Waals surface area contributed by atoms with Crippen LogP contribution in [0.1, 0.15) is 24.2 Å². The highest BCUT2D eigenvalue weighted by atomic mass is 35.5. The van der Waals surface area contributed by atoms with Gasteiger partial charge in [-0.2, -0.15) is 0 Å². The van der Waals surface area contributed by atoms with Crippen molar-refractivity contribution in [2.24, 2.45) is 0 Å². The number of hydrogen-bond acceptors (Lipinski definition) is 2. The van der Waals surface area contributed by atoms with Crippen LogP contribution in [-0.4, -0.2) is 5.11 Å². The van der Waals surface area contributed by atoms with E-state index in [9.17, 15) is 9.50 Å². The Morgan fingerprint density at radius 2 is 1.84 bits per heavy atom. The molecule has 1 atom stereocenters. The second kappa shape index (κ2) is 5.59. The molecule has 0 fully saturated rings. The highest BCUT2D eigenvalue weighted by Crippen LogP contribution is 2.33. The van der Waals surface area contributed by atoms with E-state index in [0.717, 1.165) is 0 Å². The summed E-state index contributed by atoms with van der Waals surface area (Å²) < 4.78 is 18.6. The van der Waals surface area contributed by atoms with Gasteiger partial charge in [0.1, 0.15) is 17.3 Å². The molecular formula is C15H14ClFO2. The summed E-state index contributed by atoms with van der Waals surface area (Å²) in [6.45, 7) is 3.42. The fourth-order valence-electron chi connectivity index (χ4n) is 1.71. The molecule has 0 saturated carbocycles. The molecule has 0 aliphatic heterocycles. The number of rotatable bonds is 3. The zero-order valence-corrected chi connectivity index (χ0v) is 11.4. The fraction of sp³-hybridized carbons (Fsp3) is 0.200.